The number of nitrogens with zero attached hydrogens (tertiary/aromatic N) is 2. The Morgan fingerprint density at radius 3 is 2.71 bits per heavy atom. The van der Waals surface area contributed by atoms with Crippen LogP contribution in [-0.2, 0) is 9.53 Å². The highest BCUT2D eigenvalue weighted by molar-refractivity contribution is 5.84. The summed E-state index contributed by atoms with van der Waals surface area (Å²) in [5, 5.41) is 3.17. The lowest BCUT2D eigenvalue weighted by molar-refractivity contribution is -0.135. The molecule has 1 aliphatic rings. The molecule has 1 fully saturated rings. The summed E-state index contributed by atoms with van der Waals surface area (Å²) in [4.78, 5) is 17.9. The topological polar surface area (TPSA) is 54.5 Å². The lowest BCUT2D eigenvalue weighted by Crippen LogP contribution is -2.46. The smallest absolute Gasteiger partial charge is 0.244 e. The van der Waals surface area contributed by atoms with E-state index in [0.29, 0.717) is 26.3 Å². The molecule has 1 unspecified atom stereocenters. The molecule has 1 aromatic rings. The third-order valence-electron chi connectivity index (χ3n) is 2.76. The quantitative estimate of drug-likeness (QED) is 0.839. The normalized spacial score (nSPS) is 17.6. The molecule has 5 heteroatoms. The molecule has 5 nitrogen and oxygen atoms in total. The van der Waals surface area contributed by atoms with Crippen LogP contribution in [0.1, 0.15) is 6.92 Å². The van der Waals surface area contributed by atoms with Crippen LogP contribution in [0.5, 0.6) is 0 Å². The van der Waals surface area contributed by atoms with Gasteiger partial charge in [-0.1, -0.05) is 0 Å². The van der Waals surface area contributed by atoms with Gasteiger partial charge >= 0.3 is 0 Å². The highest BCUT2D eigenvalue weighted by atomic mass is 16.5. The number of hydrogen-bond acceptors (Lipinski definition) is 4. The van der Waals surface area contributed by atoms with Gasteiger partial charge in [0.25, 0.3) is 0 Å². The first-order chi connectivity index (χ1) is 8.27. The number of morpholine rings is 1. The first-order valence-electron chi connectivity index (χ1n) is 5.80. The second kappa shape index (κ2) is 5.63. The van der Waals surface area contributed by atoms with Gasteiger partial charge in [0, 0.05) is 31.2 Å². The molecule has 2 rings (SSSR count). The molecule has 1 amide bonds. The molecule has 1 saturated heterocycles. The zero-order chi connectivity index (χ0) is 12.1. The number of pyridine rings is 1. The number of ether oxygens (including phenoxy) is 1. The molecule has 17 heavy (non-hydrogen) atoms. The number of anilines is 1. The summed E-state index contributed by atoms with van der Waals surface area (Å²) in [6.45, 7) is 4.50. The average Bonchev–Trinajstić information content (AvgIpc) is 2.40. The van der Waals surface area contributed by atoms with Gasteiger partial charge in [-0.05, 0) is 19.1 Å². The molecule has 1 aromatic heterocycles. The van der Waals surface area contributed by atoms with E-state index < -0.39 is 0 Å². The Hall–Kier alpha value is -1.62. The fourth-order valence-electron chi connectivity index (χ4n) is 1.82. The molecule has 1 atom stereocenters. The molecule has 0 saturated carbocycles. The zero-order valence-corrected chi connectivity index (χ0v) is 9.93. The number of carbonyl (C=O) groups is 1. The van der Waals surface area contributed by atoms with E-state index in [1.165, 1.54) is 0 Å². The number of rotatable bonds is 3. The van der Waals surface area contributed by atoms with E-state index in [4.69, 9.17) is 4.74 Å². The minimum absolute atomic E-state index is 0.116. The largest absolute Gasteiger partial charge is 0.378 e. The summed E-state index contributed by atoms with van der Waals surface area (Å²) in [6.07, 6.45) is 3.41. The van der Waals surface area contributed by atoms with Crippen LogP contribution in [0.15, 0.2) is 24.5 Å². The van der Waals surface area contributed by atoms with Crippen molar-refractivity contribution < 1.29 is 9.53 Å². The van der Waals surface area contributed by atoms with Gasteiger partial charge in [-0.15, -0.1) is 0 Å². The molecule has 2 heterocycles. The lowest BCUT2D eigenvalue weighted by atomic mass is 10.2. The Morgan fingerprint density at radius 2 is 2.06 bits per heavy atom. The van der Waals surface area contributed by atoms with Crippen molar-refractivity contribution in [3.8, 4) is 0 Å². The molecule has 92 valence electrons. The standard InChI is InChI=1S/C12H17N3O2/c1-10(14-11-2-4-13-5-3-11)12(16)15-6-8-17-9-7-15/h2-5,10H,6-9H2,1H3,(H,13,14). The van der Waals surface area contributed by atoms with E-state index in [9.17, 15) is 4.79 Å². The molecule has 0 aliphatic carbocycles. The molecule has 0 bridgehead atoms. The Labute approximate surface area is 101 Å². The Morgan fingerprint density at radius 1 is 1.41 bits per heavy atom. The van der Waals surface area contributed by atoms with Crippen molar-refractivity contribution in [2.24, 2.45) is 0 Å². The first kappa shape index (κ1) is 11.9. The minimum Gasteiger partial charge on any atom is -0.378 e. The van der Waals surface area contributed by atoms with Crippen molar-refractivity contribution in [1.82, 2.24) is 9.88 Å². The van der Waals surface area contributed by atoms with Gasteiger partial charge in [-0.25, -0.2) is 0 Å². The van der Waals surface area contributed by atoms with Crippen LogP contribution in [0.2, 0.25) is 0 Å². The molecular formula is C12H17N3O2. The SMILES string of the molecule is CC(Nc1ccncc1)C(=O)N1CCOCC1. The van der Waals surface area contributed by atoms with Gasteiger partial charge in [0.05, 0.1) is 13.2 Å². The van der Waals surface area contributed by atoms with E-state index in [1.54, 1.807) is 12.4 Å². The van der Waals surface area contributed by atoms with Gasteiger partial charge < -0.3 is 15.0 Å². The second-order valence-corrected chi connectivity index (χ2v) is 4.04. The van der Waals surface area contributed by atoms with Gasteiger partial charge in [0.1, 0.15) is 6.04 Å². The van der Waals surface area contributed by atoms with Crippen molar-refractivity contribution in [3.63, 3.8) is 0 Å². The maximum Gasteiger partial charge on any atom is 0.244 e. The summed E-state index contributed by atoms with van der Waals surface area (Å²) in [5.41, 5.74) is 0.911. The summed E-state index contributed by atoms with van der Waals surface area (Å²) < 4.78 is 5.23. The summed E-state index contributed by atoms with van der Waals surface area (Å²) >= 11 is 0. The summed E-state index contributed by atoms with van der Waals surface area (Å²) in [7, 11) is 0. The van der Waals surface area contributed by atoms with Crippen molar-refractivity contribution in [2.75, 3.05) is 31.6 Å². The van der Waals surface area contributed by atoms with Crippen LogP contribution >= 0.6 is 0 Å². The van der Waals surface area contributed by atoms with Crippen LogP contribution in [0, 0.1) is 0 Å². The second-order valence-electron chi connectivity index (χ2n) is 4.04. The fraction of sp³-hybridized carbons (Fsp3) is 0.500. The first-order valence-corrected chi connectivity index (χ1v) is 5.80. The number of nitrogens with one attached hydrogen (secondary N) is 1. The van der Waals surface area contributed by atoms with Crippen molar-refractivity contribution in [3.05, 3.63) is 24.5 Å². The predicted molar refractivity (Wildman–Crippen MR) is 64.7 cm³/mol. The van der Waals surface area contributed by atoms with Crippen LogP contribution in [0.25, 0.3) is 0 Å². The fourth-order valence-corrected chi connectivity index (χ4v) is 1.82. The Balaban J connectivity index is 1.90. The van der Waals surface area contributed by atoms with E-state index >= 15 is 0 Å². The van der Waals surface area contributed by atoms with Crippen LogP contribution < -0.4 is 5.32 Å². The third kappa shape index (κ3) is 3.17. The number of amides is 1. The average molecular weight is 235 g/mol. The van der Waals surface area contributed by atoms with Crippen LogP contribution in [0.4, 0.5) is 5.69 Å². The number of carbonyl (C=O) groups excluding carboxylic acids is 1. The van der Waals surface area contributed by atoms with Crippen LogP contribution in [-0.4, -0.2) is 48.1 Å². The molecule has 0 radical (unpaired) electrons. The summed E-state index contributed by atoms with van der Waals surface area (Å²) in [5.74, 6) is 0.116. The van der Waals surface area contributed by atoms with E-state index in [1.807, 2.05) is 24.0 Å². The zero-order valence-electron chi connectivity index (χ0n) is 9.93. The van der Waals surface area contributed by atoms with E-state index in [0.717, 1.165) is 5.69 Å². The molecule has 0 spiro atoms. The highest BCUT2D eigenvalue weighted by Gasteiger charge is 2.21. The van der Waals surface area contributed by atoms with Crippen molar-refractivity contribution in [1.29, 1.82) is 0 Å². The maximum atomic E-state index is 12.1. The van der Waals surface area contributed by atoms with Gasteiger partial charge in [0.15, 0.2) is 0 Å². The molecule has 1 aliphatic heterocycles. The van der Waals surface area contributed by atoms with Gasteiger partial charge in [-0.3, -0.25) is 9.78 Å². The Bertz CT molecular complexity index is 363. The monoisotopic (exact) mass is 235 g/mol. The predicted octanol–water partition coefficient (Wildman–Crippen LogP) is 0.741. The summed E-state index contributed by atoms with van der Waals surface area (Å²) in [6, 6.07) is 3.47. The minimum atomic E-state index is -0.226. The molecule has 0 aromatic carbocycles. The van der Waals surface area contributed by atoms with Crippen molar-refractivity contribution >= 4 is 11.6 Å². The van der Waals surface area contributed by atoms with E-state index in [2.05, 4.69) is 10.3 Å². The number of aromatic nitrogens is 1. The Kier molecular flexibility index (Phi) is 3.93. The van der Waals surface area contributed by atoms with Crippen molar-refractivity contribution in [2.45, 2.75) is 13.0 Å². The maximum absolute atomic E-state index is 12.1. The number of hydrogen-bond donors (Lipinski definition) is 1. The molecule has 1 N–H and O–H groups in total. The highest BCUT2D eigenvalue weighted by Crippen LogP contribution is 2.08. The third-order valence-corrected chi connectivity index (χ3v) is 2.76. The lowest BCUT2D eigenvalue weighted by Gasteiger charge is -2.29. The van der Waals surface area contributed by atoms with Gasteiger partial charge in [-0.2, -0.15) is 0 Å². The van der Waals surface area contributed by atoms with Gasteiger partial charge in [0.2, 0.25) is 5.91 Å². The van der Waals surface area contributed by atoms with Crippen LogP contribution in [0.3, 0.4) is 0 Å². The molecular weight excluding hydrogens is 218 g/mol. The van der Waals surface area contributed by atoms with E-state index in [-0.39, 0.29) is 11.9 Å².